The number of aromatic carboxylic acids is 1. The normalized spacial score (nSPS) is 18.1. The van der Waals surface area contributed by atoms with Crippen LogP contribution in [-0.4, -0.2) is 58.2 Å². The molecule has 1 unspecified atom stereocenters. The van der Waals surface area contributed by atoms with Crippen LogP contribution in [-0.2, 0) is 0 Å². The molecule has 0 aliphatic carbocycles. The van der Waals surface area contributed by atoms with Crippen LogP contribution in [0.2, 0.25) is 0 Å². The van der Waals surface area contributed by atoms with Gasteiger partial charge in [-0.2, -0.15) is 0 Å². The molecule has 0 saturated carbocycles. The Morgan fingerprint density at radius 1 is 1.40 bits per heavy atom. The molecule has 6 nitrogen and oxygen atoms in total. The molecular formula is C14H22N4O2. The average molecular weight is 278 g/mol. The van der Waals surface area contributed by atoms with E-state index in [9.17, 15) is 4.79 Å². The second kappa shape index (κ2) is 6.17. The third-order valence-electron chi connectivity index (χ3n) is 4.01. The molecule has 1 atom stereocenters. The van der Waals surface area contributed by atoms with Crippen LogP contribution in [0.1, 0.15) is 36.3 Å². The molecule has 2 rings (SSSR count). The number of piperazine rings is 1. The molecule has 1 N–H and O–H groups in total. The standard InChI is InChI=1S/C14H22N4O2/c1-4-10(2)17-5-7-18(8-6-17)14-15-9-12(13(19)20)11(3)16-14/h9-10H,4-8H2,1-3H3,(H,19,20). The van der Waals surface area contributed by atoms with Gasteiger partial charge in [-0.15, -0.1) is 0 Å². The highest BCUT2D eigenvalue weighted by molar-refractivity contribution is 5.88. The molecule has 1 fully saturated rings. The molecule has 1 aliphatic rings. The summed E-state index contributed by atoms with van der Waals surface area (Å²) in [6.45, 7) is 9.93. The van der Waals surface area contributed by atoms with Crippen molar-refractivity contribution in [3.63, 3.8) is 0 Å². The minimum Gasteiger partial charge on any atom is -0.478 e. The Morgan fingerprint density at radius 2 is 2.05 bits per heavy atom. The fraction of sp³-hybridized carbons (Fsp3) is 0.643. The smallest absolute Gasteiger partial charge is 0.339 e. The van der Waals surface area contributed by atoms with E-state index in [1.54, 1.807) is 6.92 Å². The number of hydrogen-bond donors (Lipinski definition) is 1. The summed E-state index contributed by atoms with van der Waals surface area (Å²) >= 11 is 0. The van der Waals surface area contributed by atoms with Crippen LogP contribution in [0.15, 0.2) is 6.20 Å². The molecule has 1 saturated heterocycles. The van der Waals surface area contributed by atoms with Gasteiger partial charge in [0.25, 0.3) is 0 Å². The number of hydrogen-bond acceptors (Lipinski definition) is 5. The van der Waals surface area contributed by atoms with Crippen molar-refractivity contribution in [2.45, 2.75) is 33.2 Å². The van der Waals surface area contributed by atoms with Gasteiger partial charge in [0.1, 0.15) is 0 Å². The summed E-state index contributed by atoms with van der Waals surface area (Å²) < 4.78 is 0. The maximum absolute atomic E-state index is 11.0. The van der Waals surface area contributed by atoms with Crippen molar-refractivity contribution in [2.75, 3.05) is 31.1 Å². The molecular weight excluding hydrogens is 256 g/mol. The highest BCUT2D eigenvalue weighted by Gasteiger charge is 2.22. The van der Waals surface area contributed by atoms with Gasteiger partial charge in [-0.1, -0.05) is 6.92 Å². The Hall–Kier alpha value is -1.69. The van der Waals surface area contributed by atoms with Crippen LogP contribution in [0.4, 0.5) is 5.95 Å². The maximum atomic E-state index is 11.0. The number of aromatic nitrogens is 2. The van der Waals surface area contributed by atoms with Gasteiger partial charge in [-0.3, -0.25) is 4.90 Å². The van der Waals surface area contributed by atoms with Crippen molar-refractivity contribution in [3.05, 3.63) is 17.5 Å². The SMILES string of the molecule is CCC(C)N1CCN(c2ncc(C(=O)O)c(C)n2)CC1. The highest BCUT2D eigenvalue weighted by atomic mass is 16.4. The number of rotatable bonds is 4. The van der Waals surface area contributed by atoms with Crippen molar-refractivity contribution in [3.8, 4) is 0 Å². The van der Waals surface area contributed by atoms with E-state index < -0.39 is 5.97 Å². The predicted octanol–water partition coefficient (Wildman–Crippen LogP) is 1.40. The zero-order valence-electron chi connectivity index (χ0n) is 12.3. The van der Waals surface area contributed by atoms with Gasteiger partial charge in [0.2, 0.25) is 5.95 Å². The second-order valence-corrected chi connectivity index (χ2v) is 5.25. The third kappa shape index (κ3) is 3.07. The first kappa shape index (κ1) is 14.7. The Morgan fingerprint density at radius 3 is 2.55 bits per heavy atom. The van der Waals surface area contributed by atoms with E-state index in [0.29, 0.717) is 17.7 Å². The van der Waals surface area contributed by atoms with Gasteiger partial charge < -0.3 is 10.0 Å². The zero-order chi connectivity index (χ0) is 14.7. The first-order valence-electron chi connectivity index (χ1n) is 7.08. The lowest BCUT2D eigenvalue weighted by Gasteiger charge is -2.37. The predicted molar refractivity (Wildman–Crippen MR) is 77.3 cm³/mol. The summed E-state index contributed by atoms with van der Waals surface area (Å²) in [7, 11) is 0. The molecule has 0 aromatic carbocycles. The topological polar surface area (TPSA) is 69.6 Å². The van der Waals surface area contributed by atoms with E-state index in [2.05, 4.69) is 33.6 Å². The van der Waals surface area contributed by atoms with Crippen molar-refractivity contribution in [1.82, 2.24) is 14.9 Å². The van der Waals surface area contributed by atoms with E-state index >= 15 is 0 Å². The number of nitrogens with zero attached hydrogens (tertiary/aromatic N) is 4. The van der Waals surface area contributed by atoms with E-state index in [-0.39, 0.29) is 5.56 Å². The first-order chi connectivity index (χ1) is 9.52. The molecule has 2 heterocycles. The summed E-state index contributed by atoms with van der Waals surface area (Å²) in [5.74, 6) is -0.341. The third-order valence-corrected chi connectivity index (χ3v) is 4.01. The molecule has 6 heteroatoms. The fourth-order valence-electron chi connectivity index (χ4n) is 2.44. The average Bonchev–Trinajstić information content (AvgIpc) is 2.46. The minimum absolute atomic E-state index is 0.173. The van der Waals surface area contributed by atoms with Gasteiger partial charge in [-0.05, 0) is 20.3 Å². The number of aryl methyl sites for hydroxylation is 1. The van der Waals surface area contributed by atoms with E-state index in [4.69, 9.17) is 5.11 Å². The molecule has 110 valence electrons. The number of anilines is 1. The van der Waals surface area contributed by atoms with Crippen molar-refractivity contribution in [2.24, 2.45) is 0 Å². The summed E-state index contributed by atoms with van der Waals surface area (Å²) in [5.41, 5.74) is 0.693. The minimum atomic E-state index is -0.976. The lowest BCUT2D eigenvalue weighted by Crippen LogP contribution is -2.50. The van der Waals surface area contributed by atoms with Crippen LogP contribution in [0.25, 0.3) is 0 Å². The maximum Gasteiger partial charge on any atom is 0.339 e. The van der Waals surface area contributed by atoms with Gasteiger partial charge in [0.05, 0.1) is 11.3 Å². The molecule has 0 amide bonds. The Balaban J connectivity index is 2.04. The first-order valence-corrected chi connectivity index (χ1v) is 7.08. The Kier molecular flexibility index (Phi) is 4.54. The molecule has 20 heavy (non-hydrogen) atoms. The Labute approximate surface area is 119 Å². The molecule has 1 aliphatic heterocycles. The highest BCUT2D eigenvalue weighted by Crippen LogP contribution is 2.15. The molecule has 0 bridgehead atoms. The molecule has 1 aromatic rings. The van der Waals surface area contributed by atoms with Crippen LogP contribution in [0, 0.1) is 6.92 Å². The van der Waals surface area contributed by atoms with Crippen molar-refractivity contribution < 1.29 is 9.90 Å². The van der Waals surface area contributed by atoms with Gasteiger partial charge in [0.15, 0.2) is 0 Å². The summed E-state index contributed by atoms with van der Waals surface area (Å²) in [6.07, 6.45) is 2.56. The number of carboxylic acids is 1. The monoisotopic (exact) mass is 278 g/mol. The molecule has 1 aromatic heterocycles. The number of carboxylic acid groups (broad SMARTS) is 1. The molecule has 0 spiro atoms. The summed E-state index contributed by atoms with van der Waals surface area (Å²) in [5, 5.41) is 8.99. The van der Waals surface area contributed by atoms with Crippen LogP contribution < -0.4 is 4.90 Å². The lowest BCUT2D eigenvalue weighted by atomic mass is 10.2. The summed E-state index contributed by atoms with van der Waals surface area (Å²) in [6, 6.07) is 0.606. The van der Waals surface area contributed by atoms with Crippen LogP contribution in [0.3, 0.4) is 0 Å². The van der Waals surface area contributed by atoms with E-state index in [0.717, 1.165) is 32.6 Å². The van der Waals surface area contributed by atoms with Gasteiger partial charge in [0, 0.05) is 38.4 Å². The largest absolute Gasteiger partial charge is 0.478 e. The van der Waals surface area contributed by atoms with Crippen LogP contribution >= 0.6 is 0 Å². The second-order valence-electron chi connectivity index (χ2n) is 5.25. The van der Waals surface area contributed by atoms with Crippen LogP contribution in [0.5, 0.6) is 0 Å². The fourth-order valence-corrected chi connectivity index (χ4v) is 2.44. The van der Waals surface area contributed by atoms with Gasteiger partial charge >= 0.3 is 5.97 Å². The number of carbonyl (C=O) groups is 1. The zero-order valence-corrected chi connectivity index (χ0v) is 12.3. The lowest BCUT2D eigenvalue weighted by molar-refractivity contribution is 0.0695. The van der Waals surface area contributed by atoms with E-state index in [1.807, 2.05) is 0 Å². The molecule has 0 radical (unpaired) electrons. The quantitative estimate of drug-likeness (QED) is 0.898. The summed E-state index contributed by atoms with van der Waals surface area (Å²) in [4.78, 5) is 24.1. The van der Waals surface area contributed by atoms with Crippen molar-refractivity contribution >= 4 is 11.9 Å². The van der Waals surface area contributed by atoms with Crippen molar-refractivity contribution in [1.29, 1.82) is 0 Å². The van der Waals surface area contributed by atoms with Gasteiger partial charge in [-0.25, -0.2) is 14.8 Å². The Bertz CT molecular complexity index is 484. The van der Waals surface area contributed by atoms with E-state index in [1.165, 1.54) is 6.20 Å².